The van der Waals surface area contributed by atoms with E-state index in [1.807, 2.05) is 0 Å². The van der Waals surface area contributed by atoms with Gasteiger partial charge in [-0.05, 0) is 42.8 Å². The van der Waals surface area contributed by atoms with Gasteiger partial charge in [-0.25, -0.2) is 9.07 Å². The molecule has 0 fully saturated rings. The summed E-state index contributed by atoms with van der Waals surface area (Å²) in [6, 6.07) is 9.17. The third-order valence-electron chi connectivity index (χ3n) is 5.79. The van der Waals surface area contributed by atoms with E-state index in [0.29, 0.717) is 33.1 Å². The molecule has 2 heterocycles. The molecule has 37 heavy (non-hydrogen) atoms. The maximum absolute atomic E-state index is 14.1. The number of carbonyl (C=O) groups excluding carboxylic acids is 2. The van der Waals surface area contributed by atoms with Gasteiger partial charge in [0.25, 0.3) is 11.5 Å². The number of hydrogen-bond donors (Lipinski definition) is 1. The molecule has 2 aromatic heterocycles. The second-order valence-electron chi connectivity index (χ2n) is 8.15. The maximum Gasteiger partial charge on any atom is 0.252 e. The number of rotatable bonds is 8. The Morgan fingerprint density at radius 2 is 1.86 bits per heavy atom. The van der Waals surface area contributed by atoms with Gasteiger partial charge in [0.15, 0.2) is 10.9 Å². The Hall–Kier alpha value is -4.02. The first kappa shape index (κ1) is 26.1. The van der Waals surface area contributed by atoms with Crippen LogP contribution in [-0.2, 0) is 11.2 Å². The second kappa shape index (κ2) is 10.5. The molecule has 2 aromatic carbocycles. The molecule has 0 saturated heterocycles. The summed E-state index contributed by atoms with van der Waals surface area (Å²) in [5.41, 5.74) is 6.20. The number of ketones is 1. The second-order valence-corrected chi connectivity index (χ2v) is 8.97. The van der Waals surface area contributed by atoms with Gasteiger partial charge in [0.2, 0.25) is 0 Å². The molecule has 0 saturated carbocycles. The minimum Gasteiger partial charge on any atom is -0.495 e. The molecule has 4 aromatic rings. The molecule has 4 rings (SSSR count). The number of benzene rings is 2. The van der Waals surface area contributed by atoms with E-state index in [-0.39, 0.29) is 22.9 Å². The number of halogens is 3. The lowest BCUT2D eigenvalue weighted by Crippen LogP contribution is -2.28. The molecule has 0 aliphatic rings. The Morgan fingerprint density at radius 3 is 2.49 bits per heavy atom. The van der Waals surface area contributed by atoms with Gasteiger partial charge in [-0.3, -0.25) is 14.4 Å². The van der Waals surface area contributed by atoms with Crippen molar-refractivity contribution in [2.75, 3.05) is 7.11 Å². The number of amides is 1. The molecule has 190 valence electrons. The first-order valence-corrected chi connectivity index (χ1v) is 11.6. The maximum atomic E-state index is 14.1. The summed E-state index contributed by atoms with van der Waals surface area (Å²) >= 11 is 12.2. The van der Waals surface area contributed by atoms with E-state index in [2.05, 4.69) is 10.3 Å². The number of hydrogen-bond acceptors (Lipinski definition) is 6. The fourth-order valence-corrected chi connectivity index (χ4v) is 4.16. The van der Waals surface area contributed by atoms with Crippen LogP contribution in [0.1, 0.15) is 28.9 Å². The van der Waals surface area contributed by atoms with Gasteiger partial charge >= 0.3 is 0 Å². The van der Waals surface area contributed by atoms with Crippen molar-refractivity contribution in [3.63, 3.8) is 0 Å². The number of nitrogens with two attached hydrogens (primary N) is 1. The number of carbonyl (C=O) groups is 2. The van der Waals surface area contributed by atoms with E-state index in [1.165, 1.54) is 47.0 Å². The van der Waals surface area contributed by atoms with Crippen LogP contribution in [0.3, 0.4) is 0 Å². The van der Waals surface area contributed by atoms with E-state index < -0.39 is 23.3 Å². The van der Waals surface area contributed by atoms with Crippen LogP contribution in [0.25, 0.3) is 16.8 Å². The van der Waals surface area contributed by atoms with Crippen LogP contribution in [0, 0.1) is 5.82 Å². The fourth-order valence-electron chi connectivity index (χ4n) is 3.86. The third-order valence-corrected chi connectivity index (χ3v) is 6.19. The Morgan fingerprint density at radius 1 is 1.11 bits per heavy atom. The van der Waals surface area contributed by atoms with E-state index in [9.17, 15) is 18.8 Å². The molecule has 1 atom stereocenters. The van der Waals surface area contributed by atoms with Crippen LogP contribution < -0.4 is 16.0 Å². The van der Waals surface area contributed by atoms with Crippen LogP contribution in [0.15, 0.2) is 59.7 Å². The van der Waals surface area contributed by atoms with Crippen molar-refractivity contribution in [2.24, 2.45) is 5.73 Å². The van der Waals surface area contributed by atoms with Crippen LogP contribution >= 0.6 is 23.2 Å². The summed E-state index contributed by atoms with van der Waals surface area (Å²) in [4.78, 5) is 37.4. The van der Waals surface area contributed by atoms with Gasteiger partial charge in [0.1, 0.15) is 11.6 Å². The highest BCUT2D eigenvalue weighted by atomic mass is 35.5. The zero-order valence-corrected chi connectivity index (χ0v) is 21.1. The predicted molar refractivity (Wildman–Crippen MR) is 136 cm³/mol. The highest BCUT2D eigenvalue weighted by molar-refractivity contribution is 6.31. The summed E-state index contributed by atoms with van der Waals surface area (Å²) in [6.45, 7) is 1.55. The number of nitrogens with zero attached hydrogens (tertiary/aromatic N) is 4. The van der Waals surface area contributed by atoms with Gasteiger partial charge in [0, 0.05) is 28.6 Å². The summed E-state index contributed by atoms with van der Waals surface area (Å²) in [5, 5.41) is 8.36. The third kappa shape index (κ3) is 5.40. The quantitative estimate of drug-likeness (QED) is 0.358. The van der Waals surface area contributed by atoms with Crippen molar-refractivity contribution >= 4 is 34.9 Å². The Kier molecular flexibility index (Phi) is 7.42. The van der Waals surface area contributed by atoms with Crippen LogP contribution in [0.4, 0.5) is 4.39 Å². The van der Waals surface area contributed by atoms with E-state index in [1.54, 1.807) is 25.1 Å². The Bertz CT molecular complexity index is 1580. The average Bonchev–Trinajstić information content (AvgIpc) is 3.29. The zero-order chi connectivity index (χ0) is 26.9. The molecule has 0 aliphatic carbocycles. The number of pyridine rings is 1. The minimum atomic E-state index is -0.905. The number of aromatic nitrogens is 4. The molecule has 2 N–H and O–H groups in total. The Balaban J connectivity index is 1.70. The summed E-state index contributed by atoms with van der Waals surface area (Å²) < 4.78 is 22.3. The number of methoxy groups -OCH3 is 1. The molecule has 1 amide bonds. The molecular formula is C25H20Cl2FN5O4. The molecular weight excluding hydrogens is 524 g/mol. The van der Waals surface area contributed by atoms with Crippen molar-refractivity contribution in [1.29, 1.82) is 0 Å². The van der Waals surface area contributed by atoms with Crippen molar-refractivity contribution < 1.29 is 18.7 Å². The largest absolute Gasteiger partial charge is 0.495 e. The van der Waals surface area contributed by atoms with E-state index >= 15 is 0 Å². The summed E-state index contributed by atoms with van der Waals surface area (Å²) in [5.74, 6) is -1.79. The normalized spacial score (nSPS) is 11.8. The molecule has 0 aliphatic heterocycles. The monoisotopic (exact) mass is 543 g/mol. The number of ether oxygens (including phenoxy) is 1. The molecule has 0 radical (unpaired) electrons. The highest BCUT2D eigenvalue weighted by Gasteiger charge is 2.22. The minimum absolute atomic E-state index is 0.168. The van der Waals surface area contributed by atoms with Crippen molar-refractivity contribution in [2.45, 2.75) is 19.4 Å². The number of Topliss-reactive ketones (excluding diaryl/α,β-unsaturated/α-hetero) is 1. The van der Waals surface area contributed by atoms with Gasteiger partial charge < -0.3 is 15.0 Å². The lowest BCUT2D eigenvalue weighted by atomic mass is 10.0. The number of primary amides is 1. The Labute approximate surface area is 220 Å². The van der Waals surface area contributed by atoms with Gasteiger partial charge in [0.05, 0.1) is 36.8 Å². The predicted octanol–water partition coefficient (Wildman–Crippen LogP) is 4.02. The lowest BCUT2D eigenvalue weighted by molar-refractivity contribution is -0.121. The summed E-state index contributed by atoms with van der Waals surface area (Å²) in [6.07, 6.45) is 2.76. The topological polar surface area (TPSA) is 122 Å². The van der Waals surface area contributed by atoms with Gasteiger partial charge in [-0.2, -0.15) is 0 Å². The molecule has 12 heteroatoms. The first-order chi connectivity index (χ1) is 17.6. The van der Waals surface area contributed by atoms with E-state index in [0.717, 1.165) is 6.07 Å². The molecule has 9 nitrogen and oxygen atoms in total. The molecule has 0 spiro atoms. The summed E-state index contributed by atoms with van der Waals surface area (Å²) in [7, 11) is 1.43. The van der Waals surface area contributed by atoms with Gasteiger partial charge in [-0.1, -0.05) is 34.5 Å². The van der Waals surface area contributed by atoms with Crippen molar-refractivity contribution in [3.05, 3.63) is 92.3 Å². The van der Waals surface area contributed by atoms with Gasteiger partial charge in [-0.15, -0.1) is 5.10 Å². The fraction of sp³-hybridized carbons (Fsp3) is 0.160. The van der Waals surface area contributed by atoms with Crippen LogP contribution in [0.5, 0.6) is 5.75 Å². The van der Waals surface area contributed by atoms with Crippen molar-refractivity contribution in [1.82, 2.24) is 19.6 Å². The van der Waals surface area contributed by atoms with Crippen molar-refractivity contribution in [3.8, 4) is 22.6 Å². The zero-order valence-electron chi connectivity index (χ0n) is 19.6. The average molecular weight is 544 g/mol. The lowest BCUT2D eigenvalue weighted by Gasteiger charge is -2.18. The standard InChI is InChI=1S/C25H20Cl2FN5O4/c1-13(21(34)8-14-3-5-16(25(29)36)19(28)7-14)32-11-22(37-2)18(10-24(32)35)17-9-15(26)4-6-20(17)33-12-23(27)30-31-33/h3-7,9-13H,8H2,1-2H3,(H2,29,36). The van der Waals surface area contributed by atoms with E-state index in [4.69, 9.17) is 33.7 Å². The van der Waals surface area contributed by atoms with Crippen LogP contribution in [-0.4, -0.2) is 38.4 Å². The SMILES string of the molecule is COc1cn(C(C)C(=O)Cc2ccc(C(N)=O)c(F)c2)c(=O)cc1-c1cc(Cl)ccc1-n1cc(Cl)nn1. The molecule has 0 bridgehead atoms. The highest BCUT2D eigenvalue weighted by Crippen LogP contribution is 2.35. The smallest absolute Gasteiger partial charge is 0.252 e. The first-order valence-electron chi connectivity index (χ1n) is 10.9. The molecule has 1 unspecified atom stereocenters. The van der Waals surface area contributed by atoms with Crippen LogP contribution in [0.2, 0.25) is 10.2 Å².